The van der Waals surface area contributed by atoms with Gasteiger partial charge >= 0.3 is 5.97 Å². The summed E-state index contributed by atoms with van der Waals surface area (Å²) < 4.78 is 2.18. The zero-order valence-corrected chi connectivity index (χ0v) is 22.2. The smallest absolute Gasteiger partial charge is 0.336 e. The Bertz CT molecular complexity index is 1480. The Balaban J connectivity index is 1.55. The lowest BCUT2D eigenvalue weighted by Crippen LogP contribution is -2.24. The maximum Gasteiger partial charge on any atom is 0.336 e. The highest BCUT2D eigenvalue weighted by molar-refractivity contribution is 5.97. The first-order chi connectivity index (χ1) is 18.5. The number of hydrogen-bond acceptors (Lipinski definition) is 3. The average molecular weight is 510 g/mol. The number of fused-ring (bicyclic) bond motifs is 1. The third kappa shape index (κ3) is 5.21. The van der Waals surface area contributed by atoms with Gasteiger partial charge in [0.05, 0.1) is 16.6 Å². The molecule has 0 spiro atoms. The van der Waals surface area contributed by atoms with Gasteiger partial charge in [0.25, 0.3) is 0 Å². The number of amides is 1. The molecule has 38 heavy (non-hydrogen) atoms. The van der Waals surface area contributed by atoms with Crippen LogP contribution in [0.5, 0.6) is 0 Å². The molecule has 1 amide bonds. The molecule has 4 aromatic rings. The van der Waals surface area contributed by atoms with Crippen LogP contribution in [0, 0.1) is 12.8 Å². The predicted molar refractivity (Wildman–Crippen MR) is 152 cm³/mol. The van der Waals surface area contributed by atoms with Gasteiger partial charge in [-0.15, -0.1) is 0 Å². The van der Waals surface area contributed by atoms with Crippen LogP contribution in [0.25, 0.3) is 27.8 Å². The predicted octanol–water partition coefficient (Wildman–Crippen LogP) is 7.56. The summed E-state index contributed by atoms with van der Waals surface area (Å²) in [6.45, 7) is 4.18. The quantitative estimate of drug-likeness (QED) is 0.257. The maximum absolute atomic E-state index is 12.9. The van der Waals surface area contributed by atoms with Crippen molar-refractivity contribution in [2.75, 3.05) is 5.32 Å². The summed E-state index contributed by atoms with van der Waals surface area (Å²) in [5.74, 6) is 0.247. The van der Waals surface area contributed by atoms with Gasteiger partial charge in [-0.2, -0.15) is 0 Å². The number of aromatic nitrogens is 2. The van der Waals surface area contributed by atoms with E-state index >= 15 is 0 Å². The number of unbranched alkanes of at least 4 members (excludes halogenated alkanes) is 1. The van der Waals surface area contributed by atoms with Gasteiger partial charge in [0.1, 0.15) is 5.82 Å². The van der Waals surface area contributed by atoms with E-state index in [2.05, 4.69) is 22.9 Å². The van der Waals surface area contributed by atoms with Crippen molar-refractivity contribution in [2.24, 2.45) is 5.92 Å². The third-order valence-electron chi connectivity index (χ3n) is 7.64. The highest BCUT2D eigenvalue weighted by atomic mass is 16.4. The Morgan fingerprint density at radius 2 is 1.79 bits per heavy atom. The molecule has 0 aliphatic heterocycles. The van der Waals surface area contributed by atoms with Gasteiger partial charge < -0.3 is 10.4 Å². The van der Waals surface area contributed by atoms with Crippen molar-refractivity contribution in [1.82, 2.24) is 9.55 Å². The lowest BCUT2D eigenvalue weighted by atomic mass is 9.88. The molecule has 0 saturated heterocycles. The Morgan fingerprint density at radius 1 is 1.00 bits per heavy atom. The molecule has 3 aromatic carbocycles. The highest BCUT2D eigenvalue weighted by Gasteiger charge is 2.22. The second-order valence-electron chi connectivity index (χ2n) is 10.3. The molecule has 0 unspecified atom stereocenters. The second kappa shape index (κ2) is 11.2. The molecule has 0 bridgehead atoms. The molecule has 196 valence electrons. The second-order valence-corrected chi connectivity index (χ2v) is 10.3. The lowest BCUT2D eigenvalue weighted by molar-refractivity contribution is -0.120. The number of hydrogen-bond donors (Lipinski definition) is 2. The van der Waals surface area contributed by atoms with Gasteiger partial charge in [0.2, 0.25) is 5.91 Å². The van der Waals surface area contributed by atoms with E-state index in [1.165, 1.54) is 6.42 Å². The third-order valence-corrected chi connectivity index (χ3v) is 7.64. The minimum atomic E-state index is -0.936. The maximum atomic E-state index is 12.9. The first-order valence-corrected chi connectivity index (χ1v) is 13.7. The Morgan fingerprint density at radius 3 is 2.53 bits per heavy atom. The van der Waals surface area contributed by atoms with Crippen LogP contribution >= 0.6 is 0 Å². The summed E-state index contributed by atoms with van der Waals surface area (Å²) >= 11 is 0. The minimum absolute atomic E-state index is 0.0911. The van der Waals surface area contributed by atoms with Crippen molar-refractivity contribution in [3.8, 4) is 16.8 Å². The number of carboxylic acid groups (broad SMARTS) is 1. The van der Waals surface area contributed by atoms with Gasteiger partial charge in [0.15, 0.2) is 0 Å². The summed E-state index contributed by atoms with van der Waals surface area (Å²) in [4.78, 5) is 29.7. The van der Waals surface area contributed by atoms with E-state index in [1.54, 1.807) is 12.1 Å². The fourth-order valence-electron chi connectivity index (χ4n) is 5.60. The molecule has 1 heterocycles. The van der Waals surface area contributed by atoms with Crippen LogP contribution in [0.1, 0.15) is 73.6 Å². The Labute approximate surface area is 223 Å². The SMILES string of the molecule is CCCCc1nc2ccc(NC(=O)C3CCCCC3)cc2n1-c1ccc(-c2ccccc2C(=O)O)c(C)c1. The Hall–Kier alpha value is -3.93. The number of nitrogens with one attached hydrogen (secondary N) is 1. The molecular weight excluding hydrogens is 474 g/mol. The van der Waals surface area contributed by atoms with E-state index in [9.17, 15) is 14.7 Å². The van der Waals surface area contributed by atoms with Crippen molar-refractivity contribution in [2.45, 2.75) is 65.2 Å². The number of carboxylic acids is 1. The summed E-state index contributed by atoms with van der Waals surface area (Å²) in [6.07, 6.45) is 8.32. The highest BCUT2D eigenvalue weighted by Crippen LogP contribution is 2.32. The standard InChI is InChI=1S/C32H35N3O3/c1-3-4-14-30-34-28-18-15-23(33-31(36)22-10-6-5-7-11-22)20-29(28)35(30)24-16-17-25(21(2)19-24)26-12-8-9-13-27(26)32(37)38/h8-9,12-13,15-20,22H,3-7,10-11,14H2,1-2H3,(H,33,36)(H,37,38). The van der Waals surface area contributed by atoms with Crippen LogP contribution in [0.2, 0.25) is 0 Å². The lowest BCUT2D eigenvalue weighted by Gasteiger charge is -2.20. The summed E-state index contributed by atoms with van der Waals surface area (Å²) in [6, 6.07) is 19.2. The Kier molecular flexibility index (Phi) is 7.59. The van der Waals surface area contributed by atoms with Crippen molar-refractivity contribution < 1.29 is 14.7 Å². The number of carbonyl (C=O) groups is 2. The monoisotopic (exact) mass is 509 g/mol. The number of benzene rings is 3. The van der Waals surface area contributed by atoms with Gasteiger partial charge in [-0.05, 0) is 79.3 Å². The number of nitrogens with zero attached hydrogens (tertiary/aromatic N) is 2. The molecule has 2 N–H and O–H groups in total. The molecular formula is C32H35N3O3. The molecule has 5 rings (SSSR count). The molecule has 0 atom stereocenters. The van der Waals surface area contributed by atoms with Gasteiger partial charge in [-0.25, -0.2) is 9.78 Å². The van der Waals surface area contributed by atoms with Gasteiger partial charge in [-0.1, -0.05) is 56.9 Å². The van der Waals surface area contributed by atoms with Crippen molar-refractivity contribution >= 4 is 28.6 Å². The number of anilines is 1. The number of carbonyl (C=O) groups excluding carboxylic acids is 1. The van der Waals surface area contributed by atoms with Crippen LogP contribution in [-0.2, 0) is 11.2 Å². The number of rotatable bonds is 8. The average Bonchev–Trinajstić information content (AvgIpc) is 3.29. The number of aromatic carboxylic acids is 1. The fraction of sp³-hybridized carbons (Fsp3) is 0.344. The molecule has 6 heteroatoms. The van der Waals surface area contributed by atoms with E-state index < -0.39 is 5.97 Å². The van der Waals surface area contributed by atoms with Gasteiger partial charge in [-0.3, -0.25) is 9.36 Å². The molecule has 1 aliphatic carbocycles. The minimum Gasteiger partial charge on any atom is -0.478 e. The summed E-state index contributed by atoms with van der Waals surface area (Å²) in [7, 11) is 0. The van der Waals surface area contributed by atoms with E-state index in [4.69, 9.17) is 4.98 Å². The molecule has 1 aliphatic rings. The van der Waals surface area contributed by atoms with E-state index in [1.807, 2.05) is 49.4 Å². The summed E-state index contributed by atoms with van der Waals surface area (Å²) in [5.41, 5.74) is 6.49. The molecule has 1 saturated carbocycles. The van der Waals surface area contributed by atoms with Crippen LogP contribution in [0.15, 0.2) is 60.7 Å². The largest absolute Gasteiger partial charge is 0.478 e. The van der Waals surface area contributed by atoms with E-state index in [0.717, 1.165) is 84.3 Å². The van der Waals surface area contributed by atoms with E-state index in [-0.39, 0.29) is 11.8 Å². The van der Waals surface area contributed by atoms with Crippen LogP contribution < -0.4 is 5.32 Å². The van der Waals surface area contributed by atoms with Crippen molar-refractivity contribution in [3.05, 3.63) is 77.6 Å². The zero-order valence-electron chi connectivity index (χ0n) is 22.2. The van der Waals surface area contributed by atoms with Crippen LogP contribution in [-0.4, -0.2) is 26.5 Å². The topological polar surface area (TPSA) is 84.2 Å². The molecule has 6 nitrogen and oxygen atoms in total. The first kappa shape index (κ1) is 25.7. The van der Waals surface area contributed by atoms with Crippen LogP contribution in [0.3, 0.4) is 0 Å². The zero-order chi connectivity index (χ0) is 26.6. The number of imidazole rings is 1. The number of aryl methyl sites for hydroxylation is 2. The molecule has 1 fully saturated rings. The molecule has 1 aromatic heterocycles. The normalized spacial score (nSPS) is 14.1. The van der Waals surface area contributed by atoms with Crippen molar-refractivity contribution in [1.29, 1.82) is 0 Å². The molecule has 0 radical (unpaired) electrons. The van der Waals surface area contributed by atoms with E-state index in [0.29, 0.717) is 11.1 Å². The first-order valence-electron chi connectivity index (χ1n) is 13.7. The van der Waals surface area contributed by atoms with Gasteiger partial charge in [0, 0.05) is 23.7 Å². The summed E-state index contributed by atoms with van der Waals surface area (Å²) in [5, 5.41) is 12.8. The van der Waals surface area contributed by atoms with Crippen LogP contribution in [0.4, 0.5) is 5.69 Å². The van der Waals surface area contributed by atoms with Crippen molar-refractivity contribution in [3.63, 3.8) is 0 Å². The fourth-order valence-corrected chi connectivity index (χ4v) is 5.60.